The van der Waals surface area contributed by atoms with Gasteiger partial charge in [0.25, 0.3) is 5.69 Å². The van der Waals surface area contributed by atoms with Crippen molar-refractivity contribution in [3.8, 4) is 0 Å². The van der Waals surface area contributed by atoms with Gasteiger partial charge in [-0.3, -0.25) is 10.1 Å². The van der Waals surface area contributed by atoms with Crippen molar-refractivity contribution in [2.75, 3.05) is 5.32 Å². The molecule has 3 rings (SSSR count). The van der Waals surface area contributed by atoms with Crippen LogP contribution in [0.5, 0.6) is 0 Å². The summed E-state index contributed by atoms with van der Waals surface area (Å²) in [7, 11) is 0. The monoisotopic (exact) mass is 328 g/mol. The van der Waals surface area contributed by atoms with Crippen LogP contribution in [0.2, 0.25) is 5.02 Å². The van der Waals surface area contributed by atoms with Crippen LogP contribution in [-0.4, -0.2) is 14.9 Å². The fourth-order valence-electron chi connectivity index (χ4n) is 2.33. The van der Waals surface area contributed by atoms with Gasteiger partial charge in [0.2, 0.25) is 0 Å². The van der Waals surface area contributed by atoms with E-state index in [1.165, 1.54) is 6.07 Å². The highest BCUT2D eigenvalue weighted by molar-refractivity contribution is 6.31. The first-order valence-electron chi connectivity index (χ1n) is 6.90. The molecule has 1 aromatic carbocycles. The molecule has 116 valence electrons. The summed E-state index contributed by atoms with van der Waals surface area (Å²) in [5, 5.41) is 15.4. The lowest BCUT2D eigenvalue weighted by molar-refractivity contribution is -0.383. The number of nitrogens with zero attached hydrogens (tertiary/aromatic N) is 3. The van der Waals surface area contributed by atoms with Gasteiger partial charge >= 0.3 is 0 Å². The van der Waals surface area contributed by atoms with Gasteiger partial charge in [0.1, 0.15) is 5.69 Å². The molecule has 0 amide bonds. The van der Waals surface area contributed by atoms with Crippen LogP contribution < -0.4 is 5.32 Å². The average Bonchev–Trinajstić information content (AvgIpc) is 2.48. The van der Waals surface area contributed by atoms with Crippen molar-refractivity contribution in [1.29, 1.82) is 0 Å². The van der Waals surface area contributed by atoms with Gasteiger partial charge in [-0.05, 0) is 44.2 Å². The molecular weight excluding hydrogens is 316 g/mol. The second kappa shape index (κ2) is 5.81. The van der Waals surface area contributed by atoms with E-state index in [1.807, 2.05) is 32.0 Å². The molecule has 0 aliphatic rings. The molecule has 3 aromatic rings. The maximum absolute atomic E-state index is 11.2. The number of nitro benzene ring substituents is 1. The molecular formula is C16H13ClN4O2. The number of nitro groups is 1. The number of fused-ring (bicyclic) bond motifs is 1. The van der Waals surface area contributed by atoms with Crippen LogP contribution in [0, 0.1) is 24.0 Å². The van der Waals surface area contributed by atoms with Gasteiger partial charge in [0, 0.05) is 27.9 Å². The molecule has 0 aliphatic carbocycles. The molecule has 0 atom stereocenters. The minimum atomic E-state index is -0.465. The first-order chi connectivity index (χ1) is 10.9. The summed E-state index contributed by atoms with van der Waals surface area (Å²) in [6, 6.07) is 10.1. The standard InChI is InChI=1S/C16H13ClN4O2/c1-9-3-5-12-14(7-10(2)19-16(12)18-9)20-13-6-4-11(17)8-15(13)21(22)23/h3-8H,1-2H3,(H,18,19,20). The quantitative estimate of drug-likeness (QED) is 0.563. The van der Waals surface area contributed by atoms with E-state index in [1.54, 1.807) is 12.1 Å². The molecule has 23 heavy (non-hydrogen) atoms. The number of halogens is 1. The maximum atomic E-state index is 11.2. The van der Waals surface area contributed by atoms with Crippen LogP contribution in [0.25, 0.3) is 11.0 Å². The van der Waals surface area contributed by atoms with E-state index in [4.69, 9.17) is 11.6 Å². The molecule has 0 saturated heterocycles. The first-order valence-corrected chi connectivity index (χ1v) is 7.28. The third kappa shape index (κ3) is 3.07. The van der Waals surface area contributed by atoms with E-state index in [0.29, 0.717) is 22.0 Å². The molecule has 0 fully saturated rings. The predicted octanol–water partition coefficient (Wildman–Crippen LogP) is 4.55. The second-order valence-electron chi connectivity index (χ2n) is 5.18. The zero-order chi connectivity index (χ0) is 16.6. The summed E-state index contributed by atoms with van der Waals surface area (Å²) in [5.41, 5.74) is 3.23. The van der Waals surface area contributed by atoms with Gasteiger partial charge in [-0.25, -0.2) is 9.97 Å². The van der Waals surface area contributed by atoms with Crippen LogP contribution >= 0.6 is 11.6 Å². The van der Waals surface area contributed by atoms with E-state index in [-0.39, 0.29) is 5.69 Å². The van der Waals surface area contributed by atoms with Crippen molar-refractivity contribution >= 4 is 39.7 Å². The Bertz CT molecular complexity index is 922. The average molecular weight is 329 g/mol. The number of hydrogen-bond acceptors (Lipinski definition) is 5. The molecule has 0 bridgehead atoms. The lowest BCUT2D eigenvalue weighted by Crippen LogP contribution is -2.00. The van der Waals surface area contributed by atoms with E-state index in [0.717, 1.165) is 16.8 Å². The summed E-state index contributed by atoms with van der Waals surface area (Å²) in [5.74, 6) is 0. The molecule has 0 aliphatic heterocycles. The Morgan fingerprint density at radius 3 is 2.52 bits per heavy atom. The molecule has 1 N–H and O–H groups in total. The van der Waals surface area contributed by atoms with Gasteiger partial charge in [0.15, 0.2) is 5.65 Å². The SMILES string of the molecule is Cc1ccc2c(Nc3ccc(Cl)cc3[N+](=O)[O-])cc(C)nc2n1. The minimum Gasteiger partial charge on any atom is -0.349 e. The second-order valence-corrected chi connectivity index (χ2v) is 5.62. The molecule has 0 spiro atoms. The molecule has 0 radical (unpaired) electrons. The summed E-state index contributed by atoms with van der Waals surface area (Å²) < 4.78 is 0. The topological polar surface area (TPSA) is 81.0 Å². The van der Waals surface area contributed by atoms with E-state index in [2.05, 4.69) is 15.3 Å². The number of aromatic nitrogens is 2. The third-order valence-electron chi connectivity index (χ3n) is 3.37. The fourth-order valence-corrected chi connectivity index (χ4v) is 2.50. The zero-order valence-corrected chi connectivity index (χ0v) is 13.3. The van der Waals surface area contributed by atoms with Crippen LogP contribution in [0.1, 0.15) is 11.4 Å². The number of pyridine rings is 2. The van der Waals surface area contributed by atoms with Crippen molar-refractivity contribution in [2.45, 2.75) is 13.8 Å². The van der Waals surface area contributed by atoms with Crippen molar-refractivity contribution in [1.82, 2.24) is 9.97 Å². The number of nitrogens with one attached hydrogen (secondary N) is 1. The lowest BCUT2D eigenvalue weighted by Gasteiger charge is -2.11. The Kier molecular flexibility index (Phi) is 3.83. The molecule has 0 unspecified atom stereocenters. The van der Waals surface area contributed by atoms with Crippen LogP contribution in [0.3, 0.4) is 0 Å². The summed E-state index contributed by atoms with van der Waals surface area (Å²) in [4.78, 5) is 19.6. The van der Waals surface area contributed by atoms with Crippen LogP contribution in [0.15, 0.2) is 36.4 Å². The summed E-state index contributed by atoms with van der Waals surface area (Å²) >= 11 is 5.85. The van der Waals surface area contributed by atoms with Gasteiger partial charge in [-0.15, -0.1) is 0 Å². The first kappa shape index (κ1) is 15.2. The summed E-state index contributed by atoms with van der Waals surface area (Å²) in [6.45, 7) is 3.74. The van der Waals surface area contributed by atoms with E-state index in [9.17, 15) is 10.1 Å². The smallest absolute Gasteiger partial charge is 0.294 e. The van der Waals surface area contributed by atoms with Crippen LogP contribution in [-0.2, 0) is 0 Å². The Balaban J connectivity index is 2.14. The molecule has 2 heterocycles. The normalized spacial score (nSPS) is 10.7. The number of hydrogen-bond donors (Lipinski definition) is 1. The maximum Gasteiger partial charge on any atom is 0.294 e. The highest BCUT2D eigenvalue weighted by Crippen LogP contribution is 2.32. The number of benzene rings is 1. The van der Waals surface area contributed by atoms with Gasteiger partial charge in [-0.1, -0.05) is 11.6 Å². The van der Waals surface area contributed by atoms with Crippen molar-refractivity contribution in [3.63, 3.8) is 0 Å². The molecule has 6 nitrogen and oxygen atoms in total. The number of aryl methyl sites for hydroxylation is 2. The minimum absolute atomic E-state index is 0.0832. The Hall–Kier alpha value is -2.73. The highest BCUT2D eigenvalue weighted by Gasteiger charge is 2.16. The predicted molar refractivity (Wildman–Crippen MR) is 90.4 cm³/mol. The van der Waals surface area contributed by atoms with Gasteiger partial charge < -0.3 is 5.32 Å². The van der Waals surface area contributed by atoms with Crippen molar-refractivity contribution in [3.05, 3.63) is 62.9 Å². The molecule has 0 saturated carbocycles. The largest absolute Gasteiger partial charge is 0.349 e. The molecule has 2 aromatic heterocycles. The van der Waals surface area contributed by atoms with Crippen molar-refractivity contribution < 1.29 is 4.92 Å². The Morgan fingerprint density at radius 2 is 1.78 bits per heavy atom. The van der Waals surface area contributed by atoms with Crippen LogP contribution in [0.4, 0.5) is 17.1 Å². The van der Waals surface area contributed by atoms with E-state index >= 15 is 0 Å². The van der Waals surface area contributed by atoms with Crippen molar-refractivity contribution in [2.24, 2.45) is 0 Å². The lowest BCUT2D eigenvalue weighted by atomic mass is 10.2. The Labute approximate surface area is 137 Å². The number of anilines is 2. The van der Waals surface area contributed by atoms with Gasteiger partial charge in [0.05, 0.1) is 10.6 Å². The Morgan fingerprint density at radius 1 is 1.04 bits per heavy atom. The number of rotatable bonds is 3. The van der Waals surface area contributed by atoms with Gasteiger partial charge in [-0.2, -0.15) is 0 Å². The highest BCUT2D eigenvalue weighted by atomic mass is 35.5. The zero-order valence-electron chi connectivity index (χ0n) is 12.5. The summed E-state index contributed by atoms with van der Waals surface area (Å²) in [6.07, 6.45) is 0. The third-order valence-corrected chi connectivity index (χ3v) is 3.60. The fraction of sp³-hybridized carbons (Fsp3) is 0.125. The molecule has 7 heteroatoms. The van der Waals surface area contributed by atoms with E-state index < -0.39 is 4.92 Å².